The zero-order valence-electron chi connectivity index (χ0n) is 13.6. The molecule has 23 heavy (non-hydrogen) atoms. The highest BCUT2D eigenvalue weighted by molar-refractivity contribution is 5.94. The topological polar surface area (TPSA) is 71.4 Å². The van der Waals surface area contributed by atoms with E-state index in [0.717, 1.165) is 37.5 Å². The SMILES string of the molecule is CC12CCC3C(CCC4=CC(=O)CCC43C=O)C1CC(O)C2=O. The van der Waals surface area contributed by atoms with Crippen molar-refractivity contribution in [2.24, 2.45) is 28.6 Å². The van der Waals surface area contributed by atoms with Gasteiger partial charge in [-0.1, -0.05) is 12.5 Å². The fourth-order valence-corrected chi connectivity index (χ4v) is 6.28. The fourth-order valence-electron chi connectivity index (χ4n) is 6.28. The molecule has 4 aliphatic carbocycles. The Labute approximate surface area is 136 Å². The molecular formula is C19H24O4. The molecule has 0 heterocycles. The molecule has 6 atom stereocenters. The summed E-state index contributed by atoms with van der Waals surface area (Å²) in [6.07, 6.45) is 6.92. The number of allylic oxidation sites excluding steroid dienone is 1. The van der Waals surface area contributed by atoms with Crippen LogP contribution in [0.1, 0.15) is 51.9 Å². The second-order valence-corrected chi connectivity index (χ2v) is 8.28. The molecule has 1 N–H and O–H groups in total. The van der Waals surface area contributed by atoms with E-state index in [0.29, 0.717) is 25.2 Å². The second-order valence-electron chi connectivity index (χ2n) is 8.28. The van der Waals surface area contributed by atoms with Crippen molar-refractivity contribution in [3.8, 4) is 0 Å². The maximum atomic E-state index is 12.4. The lowest BCUT2D eigenvalue weighted by molar-refractivity contribution is -0.138. The lowest BCUT2D eigenvalue weighted by atomic mass is 9.47. The van der Waals surface area contributed by atoms with Crippen molar-refractivity contribution in [3.63, 3.8) is 0 Å². The van der Waals surface area contributed by atoms with Gasteiger partial charge in [0.25, 0.3) is 0 Å². The van der Waals surface area contributed by atoms with E-state index in [1.807, 2.05) is 6.92 Å². The van der Waals surface area contributed by atoms with E-state index in [2.05, 4.69) is 0 Å². The maximum Gasteiger partial charge on any atom is 0.167 e. The second kappa shape index (κ2) is 4.85. The molecule has 4 rings (SSSR count). The zero-order chi connectivity index (χ0) is 16.4. The molecule has 0 aromatic carbocycles. The minimum Gasteiger partial charge on any atom is -0.385 e. The van der Waals surface area contributed by atoms with Crippen LogP contribution in [0.5, 0.6) is 0 Å². The number of carbonyl (C=O) groups is 3. The van der Waals surface area contributed by atoms with Crippen molar-refractivity contribution in [2.75, 3.05) is 0 Å². The monoisotopic (exact) mass is 316 g/mol. The largest absolute Gasteiger partial charge is 0.385 e. The summed E-state index contributed by atoms with van der Waals surface area (Å²) < 4.78 is 0. The molecular weight excluding hydrogens is 292 g/mol. The van der Waals surface area contributed by atoms with Crippen LogP contribution in [0.3, 0.4) is 0 Å². The number of ketones is 2. The lowest BCUT2D eigenvalue weighted by Crippen LogP contribution is -2.52. The number of hydrogen-bond donors (Lipinski definition) is 1. The van der Waals surface area contributed by atoms with Crippen LogP contribution in [0.2, 0.25) is 0 Å². The molecule has 0 aliphatic heterocycles. The van der Waals surface area contributed by atoms with Crippen molar-refractivity contribution in [3.05, 3.63) is 11.6 Å². The van der Waals surface area contributed by atoms with Gasteiger partial charge in [-0.05, 0) is 62.4 Å². The first kappa shape index (κ1) is 15.3. The summed E-state index contributed by atoms with van der Waals surface area (Å²) in [6.45, 7) is 2.01. The standard InChI is InChI=1S/C19H24O4/c1-18-6-5-14-13(15(18)9-16(22)17(18)23)3-2-11-8-12(21)4-7-19(11,14)10-20/h8,10,13-16,22H,2-7,9H2,1H3. The Morgan fingerprint density at radius 2 is 1.96 bits per heavy atom. The van der Waals surface area contributed by atoms with Crippen LogP contribution < -0.4 is 0 Å². The molecule has 0 amide bonds. The Balaban J connectivity index is 1.74. The van der Waals surface area contributed by atoms with Gasteiger partial charge in [0.1, 0.15) is 12.4 Å². The van der Waals surface area contributed by atoms with E-state index in [1.165, 1.54) is 0 Å². The smallest absolute Gasteiger partial charge is 0.167 e. The molecule has 4 aliphatic rings. The minimum atomic E-state index is -0.833. The van der Waals surface area contributed by atoms with Crippen LogP contribution in [0.4, 0.5) is 0 Å². The molecule has 0 radical (unpaired) electrons. The number of Topliss-reactive ketones (excluding diaryl/α,β-unsaturated/α-hetero) is 1. The highest BCUT2D eigenvalue weighted by Gasteiger charge is 2.62. The van der Waals surface area contributed by atoms with Gasteiger partial charge < -0.3 is 9.90 Å². The minimum absolute atomic E-state index is 0.00117. The summed E-state index contributed by atoms with van der Waals surface area (Å²) in [5, 5.41) is 10.1. The van der Waals surface area contributed by atoms with Gasteiger partial charge in [-0.2, -0.15) is 0 Å². The van der Waals surface area contributed by atoms with Crippen LogP contribution in [-0.4, -0.2) is 29.1 Å². The van der Waals surface area contributed by atoms with Gasteiger partial charge in [-0.15, -0.1) is 0 Å². The van der Waals surface area contributed by atoms with E-state index < -0.39 is 16.9 Å². The Kier molecular flexibility index (Phi) is 3.22. The van der Waals surface area contributed by atoms with Gasteiger partial charge >= 0.3 is 0 Å². The van der Waals surface area contributed by atoms with Crippen molar-refractivity contribution in [1.82, 2.24) is 0 Å². The predicted octanol–water partition coefficient (Wildman–Crippen LogP) is 2.24. The molecule has 6 unspecified atom stereocenters. The van der Waals surface area contributed by atoms with Crippen molar-refractivity contribution < 1.29 is 19.5 Å². The number of hydrogen-bond acceptors (Lipinski definition) is 4. The number of fused-ring (bicyclic) bond motifs is 5. The highest BCUT2D eigenvalue weighted by atomic mass is 16.3. The molecule has 4 nitrogen and oxygen atoms in total. The summed E-state index contributed by atoms with van der Waals surface area (Å²) in [5.41, 5.74) is 0.115. The third-order valence-electron chi connectivity index (χ3n) is 7.51. The molecule has 0 aromatic heterocycles. The molecule has 0 saturated heterocycles. The highest BCUT2D eigenvalue weighted by Crippen LogP contribution is 2.63. The van der Waals surface area contributed by atoms with Gasteiger partial charge in [0, 0.05) is 11.8 Å². The first-order valence-corrected chi connectivity index (χ1v) is 8.85. The molecule has 124 valence electrons. The van der Waals surface area contributed by atoms with E-state index in [9.17, 15) is 19.5 Å². The first-order valence-electron chi connectivity index (χ1n) is 8.85. The predicted molar refractivity (Wildman–Crippen MR) is 83.5 cm³/mol. The van der Waals surface area contributed by atoms with E-state index >= 15 is 0 Å². The summed E-state index contributed by atoms with van der Waals surface area (Å²) >= 11 is 0. The Bertz CT molecular complexity index is 621. The fraction of sp³-hybridized carbons (Fsp3) is 0.737. The number of aldehydes is 1. The molecule has 0 aromatic rings. The van der Waals surface area contributed by atoms with Gasteiger partial charge in [0.05, 0.1) is 5.41 Å². The number of aliphatic hydroxyl groups excluding tert-OH is 1. The van der Waals surface area contributed by atoms with Gasteiger partial charge in [-0.25, -0.2) is 0 Å². The van der Waals surface area contributed by atoms with E-state index in [4.69, 9.17) is 0 Å². The molecule has 3 saturated carbocycles. The quantitative estimate of drug-likeness (QED) is 0.753. The number of carbonyl (C=O) groups excluding carboxylic acids is 3. The molecule has 3 fully saturated rings. The average molecular weight is 316 g/mol. The molecule has 0 spiro atoms. The number of rotatable bonds is 1. The maximum absolute atomic E-state index is 12.4. The summed E-state index contributed by atoms with van der Waals surface area (Å²) in [4.78, 5) is 36.3. The first-order chi connectivity index (χ1) is 10.9. The van der Waals surface area contributed by atoms with Crippen LogP contribution >= 0.6 is 0 Å². The van der Waals surface area contributed by atoms with Crippen LogP contribution in [0.25, 0.3) is 0 Å². The van der Waals surface area contributed by atoms with Gasteiger partial charge in [0.2, 0.25) is 0 Å². The normalized spacial score (nSPS) is 49.0. The Morgan fingerprint density at radius 3 is 2.70 bits per heavy atom. The summed E-state index contributed by atoms with van der Waals surface area (Å²) in [5.74, 6) is 0.860. The van der Waals surface area contributed by atoms with Crippen LogP contribution in [0.15, 0.2) is 11.6 Å². The van der Waals surface area contributed by atoms with Crippen LogP contribution in [-0.2, 0) is 14.4 Å². The average Bonchev–Trinajstić information content (AvgIpc) is 2.78. The third kappa shape index (κ3) is 1.84. The van der Waals surface area contributed by atoms with Gasteiger partial charge in [-0.3, -0.25) is 9.59 Å². The summed E-state index contributed by atoms with van der Waals surface area (Å²) in [6, 6.07) is 0. The van der Waals surface area contributed by atoms with E-state index in [1.54, 1.807) is 6.08 Å². The van der Waals surface area contributed by atoms with Gasteiger partial charge in [0.15, 0.2) is 11.6 Å². The van der Waals surface area contributed by atoms with Crippen molar-refractivity contribution in [1.29, 1.82) is 0 Å². The third-order valence-corrected chi connectivity index (χ3v) is 7.51. The Hall–Kier alpha value is -1.29. The van der Waals surface area contributed by atoms with E-state index in [-0.39, 0.29) is 23.4 Å². The molecule has 4 heteroatoms. The van der Waals surface area contributed by atoms with Crippen molar-refractivity contribution in [2.45, 2.75) is 58.0 Å². The Morgan fingerprint density at radius 1 is 1.17 bits per heavy atom. The van der Waals surface area contributed by atoms with Crippen LogP contribution in [0, 0.1) is 28.6 Å². The zero-order valence-corrected chi connectivity index (χ0v) is 13.6. The molecule has 0 bridgehead atoms. The number of aliphatic hydroxyl groups is 1. The lowest BCUT2D eigenvalue weighted by Gasteiger charge is -2.55. The van der Waals surface area contributed by atoms with Crippen molar-refractivity contribution >= 4 is 17.9 Å². The summed E-state index contributed by atoms with van der Waals surface area (Å²) in [7, 11) is 0.